The number of fused-ring (bicyclic) bond motifs is 1. The van der Waals surface area contributed by atoms with Crippen LogP contribution in [-0.2, 0) is 5.75 Å². The van der Waals surface area contributed by atoms with Crippen LogP contribution in [-0.4, -0.2) is 19.9 Å². The standard InChI is InChI=1S/C20H19N5S/c1-13-7-9-15(10-8-13)22-18-11-14(2)21-20(25-18)26-12-19-23-16-5-3-4-6-17(16)24-19/h3-11H,12H2,1-2H3,(H,23,24)(H,21,22,25). The first-order chi connectivity index (χ1) is 12.7. The third-order valence-corrected chi connectivity index (χ3v) is 4.79. The van der Waals surface area contributed by atoms with Crippen LogP contribution in [0.1, 0.15) is 17.1 Å². The lowest BCUT2D eigenvalue weighted by molar-refractivity contribution is 0.935. The maximum Gasteiger partial charge on any atom is 0.190 e. The van der Waals surface area contributed by atoms with Gasteiger partial charge in [-0.1, -0.05) is 41.6 Å². The number of rotatable bonds is 5. The lowest BCUT2D eigenvalue weighted by atomic mass is 10.2. The average Bonchev–Trinajstić information content (AvgIpc) is 3.04. The van der Waals surface area contributed by atoms with E-state index >= 15 is 0 Å². The number of aromatic amines is 1. The van der Waals surface area contributed by atoms with Crippen LogP contribution < -0.4 is 5.32 Å². The van der Waals surface area contributed by atoms with Crippen molar-refractivity contribution in [3.63, 3.8) is 0 Å². The van der Waals surface area contributed by atoms with Crippen molar-refractivity contribution in [2.45, 2.75) is 24.8 Å². The predicted molar refractivity (Wildman–Crippen MR) is 107 cm³/mol. The van der Waals surface area contributed by atoms with Gasteiger partial charge in [-0.15, -0.1) is 0 Å². The van der Waals surface area contributed by atoms with Crippen LogP contribution in [0.5, 0.6) is 0 Å². The molecule has 0 aliphatic heterocycles. The van der Waals surface area contributed by atoms with Gasteiger partial charge in [-0.3, -0.25) is 0 Å². The molecule has 0 atom stereocenters. The summed E-state index contributed by atoms with van der Waals surface area (Å²) in [6.07, 6.45) is 0. The van der Waals surface area contributed by atoms with Crippen LogP contribution in [0.15, 0.2) is 59.8 Å². The molecule has 0 radical (unpaired) electrons. The molecule has 0 saturated carbocycles. The minimum Gasteiger partial charge on any atom is -0.341 e. The number of aromatic nitrogens is 4. The van der Waals surface area contributed by atoms with Crippen LogP contribution in [0.3, 0.4) is 0 Å². The topological polar surface area (TPSA) is 66.5 Å². The monoisotopic (exact) mass is 361 g/mol. The van der Waals surface area contributed by atoms with Crippen molar-refractivity contribution in [2.24, 2.45) is 0 Å². The third kappa shape index (κ3) is 3.86. The molecule has 4 aromatic rings. The van der Waals surface area contributed by atoms with Gasteiger partial charge in [0.25, 0.3) is 0 Å². The fourth-order valence-electron chi connectivity index (χ4n) is 2.66. The van der Waals surface area contributed by atoms with Crippen LogP contribution in [0, 0.1) is 13.8 Å². The quantitative estimate of drug-likeness (QED) is 0.386. The molecule has 6 heteroatoms. The number of anilines is 2. The maximum absolute atomic E-state index is 4.62. The summed E-state index contributed by atoms with van der Waals surface area (Å²) in [5.74, 6) is 2.42. The van der Waals surface area contributed by atoms with Gasteiger partial charge in [-0.25, -0.2) is 15.0 Å². The molecule has 0 unspecified atom stereocenters. The second kappa shape index (κ2) is 7.17. The molecule has 2 heterocycles. The third-order valence-electron chi connectivity index (χ3n) is 3.93. The van der Waals surface area contributed by atoms with Gasteiger partial charge >= 0.3 is 0 Å². The van der Waals surface area contributed by atoms with E-state index in [-0.39, 0.29) is 0 Å². The second-order valence-electron chi connectivity index (χ2n) is 6.16. The summed E-state index contributed by atoms with van der Waals surface area (Å²) in [6.45, 7) is 4.05. The molecule has 2 aromatic carbocycles. The molecule has 26 heavy (non-hydrogen) atoms. The molecule has 0 saturated heterocycles. The van der Waals surface area contributed by atoms with E-state index in [9.17, 15) is 0 Å². The fraction of sp³-hybridized carbons (Fsp3) is 0.150. The number of thioether (sulfide) groups is 1. The molecule has 0 aliphatic rings. The van der Waals surface area contributed by atoms with E-state index in [2.05, 4.69) is 44.3 Å². The molecule has 2 N–H and O–H groups in total. The number of H-pyrrole nitrogens is 1. The molecule has 4 rings (SSSR count). The van der Waals surface area contributed by atoms with Gasteiger partial charge in [-0.2, -0.15) is 0 Å². The van der Waals surface area contributed by atoms with Crippen LogP contribution in [0.25, 0.3) is 11.0 Å². The van der Waals surface area contributed by atoms with E-state index in [4.69, 9.17) is 0 Å². The molecular weight excluding hydrogens is 342 g/mol. The zero-order chi connectivity index (χ0) is 17.9. The van der Waals surface area contributed by atoms with Crippen molar-refractivity contribution in [3.8, 4) is 0 Å². The zero-order valence-corrected chi connectivity index (χ0v) is 15.5. The number of imidazole rings is 1. The van der Waals surface area contributed by atoms with Gasteiger partial charge in [0.05, 0.1) is 16.8 Å². The van der Waals surface area contributed by atoms with Crippen molar-refractivity contribution in [1.82, 2.24) is 19.9 Å². The maximum atomic E-state index is 4.62. The Labute approximate surface area is 156 Å². The Hall–Kier alpha value is -2.86. The molecule has 0 aliphatic carbocycles. The Morgan fingerprint density at radius 1 is 0.962 bits per heavy atom. The highest BCUT2D eigenvalue weighted by atomic mass is 32.2. The number of para-hydroxylation sites is 2. The van der Waals surface area contributed by atoms with Crippen LogP contribution in [0.4, 0.5) is 11.5 Å². The highest BCUT2D eigenvalue weighted by Gasteiger charge is 2.07. The van der Waals surface area contributed by atoms with Crippen molar-refractivity contribution < 1.29 is 0 Å². The summed E-state index contributed by atoms with van der Waals surface area (Å²) in [6, 6.07) is 18.2. The van der Waals surface area contributed by atoms with Gasteiger partial charge in [-0.05, 0) is 38.1 Å². The van der Waals surface area contributed by atoms with Gasteiger partial charge in [0, 0.05) is 17.4 Å². The molecular formula is C20H19N5S. The minimum atomic E-state index is 0.697. The molecule has 130 valence electrons. The average molecular weight is 361 g/mol. The number of nitrogens with zero attached hydrogens (tertiary/aromatic N) is 3. The summed E-state index contributed by atoms with van der Waals surface area (Å²) < 4.78 is 0. The molecule has 0 bridgehead atoms. The highest BCUT2D eigenvalue weighted by molar-refractivity contribution is 7.98. The number of aryl methyl sites for hydroxylation is 2. The summed E-state index contributed by atoms with van der Waals surface area (Å²) >= 11 is 1.57. The first-order valence-electron chi connectivity index (χ1n) is 8.41. The molecule has 5 nitrogen and oxygen atoms in total. The lowest BCUT2D eigenvalue weighted by Crippen LogP contribution is -1.98. The second-order valence-corrected chi connectivity index (χ2v) is 7.10. The first-order valence-corrected chi connectivity index (χ1v) is 9.40. The van der Waals surface area contributed by atoms with E-state index in [1.165, 1.54) is 5.56 Å². The molecule has 0 fully saturated rings. The van der Waals surface area contributed by atoms with E-state index in [1.807, 2.05) is 49.4 Å². The van der Waals surface area contributed by atoms with Crippen molar-refractivity contribution in [1.29, 1.82) is 0 Å². The van der Waals surface area contributed by atoms with Crippen molar-refractivity contribution in [3.05, 3.63) is 71.7 Å². The van der Waals surface area contributed by atoms with Crippen molar-refractivity contribution >= 4 is 34.3 Å². The molecule has 2 aromatic heterocycles. The lowest BCUT2D eigenvalue weighted by Gasteiger charge is -2.08. The van der Waals surface area contributed by atoms with E-state index in [0.29, 0.717) is 5.75 Å². The van der Waals surface area contributed by atoms with E-state index < -0.39 is 0 Å². The van der Waals surface area contributed by atoms with Crippen LogP contribution in [0.2, 0.25) is 0 Å². The zero-order valence-electron chi connectivity index (χ0n) is 14.7. The normalized spacial score (nSPS) is 11.0. The Morgan fingerprint density at radius 3 is 2.58 bits per heavy atom. The number of nitrogens with one attached hydrogen (secondary N) is 2. The van der Waals surface area contributed by atoms with Crippen molar-refractivity contribution in [2.75, 3.05) is 5.32 Å². The largest absolute Gasteiger partial charge is 0.341 e. The molecule has 0 amide bonds. The summed E-state index contributed by atoms with van der Waals surface area (Å²) in [5, 5.41) is 4.08. The Balaban J connectivity index is 1.49. The highest BCUT2D eigenvalue weighted by Crippen LogP contribution is 2.23. The van der Waals surface area contributed by atoms with Gasteiger partial charge < -0.3 is 10.3 Å². The fourth-order valence-corrected chi connectivity index (χ4v) is 3.44. The minimum absolute atomic E-state index is 0.697. The Morgan fingerprint density at radius 2 is 1.77 bits per heavy atom. The van der Waals surface area contributed by atoms with Crippen LogP contribution >= 0.6 is 11.8 Å². The number of hydrogen-bond donors (Lipinski definition) is 2. The van der Waals surface area contributed by atoms with E-state index in [1.54, 1.807) is 11.8 Å². The summed E-state index contributed by atoms with van der Waals surface area (Å²) in [5.41, 5.74) is 5.21. The van der Waals surface area contributed by atoms with E-state index in [0.717, 1.165) is 39.2 Å². The smallest absolute Gasteiger partial charge is 0.190 e. The summed E-state index contributed by atoms with van der Waals surface area (Å²) in [4.78, 5) is 17.1. The SMILES string of the molecule is Cc1ccc(Nc2cc(C)nc(SCc3nc4ccccc4[nH]3)n2)cc1. The summed E-state index contributed by atoms with van der Waals surface area (Å²) in [7, 11) is 0. The first kappa shape index (κ1) is 16.6. The van der Waals surface area contributed by atoms with Gasteiger partial charge in [0.1, 0.15) is 11.6 Å². The Bertz CT molecular complexity index is 1010. The van der Waals surface area contributed by atoms with Gasteiger partial charge in [0.2, 0.25) is 0 Å². The van der Waals surface area contributed by atoms with Gasteiger partial charge in [0.15, 0.2) is 5.16 Å². The molecule has 0 spiro atoms. The number of hydrogen-bond acceptors (Lipinski definition) is 5. The number of benzene rings is 2. The Kier molecular flexibility index (Phi) is 4.58. The predicted octanol–water partition coefficient (Wildman–Crippen LogP) is 5.01.